The highest BCUT2D eigenvalue weighted by Gasteiger charge is 2.23. The topological polar surface area (TPSA) is 140 Å². The average Bonchev–Trinajstić information content (AvgIpc) is 3.88. The van der Waals surface area contributed by atoms with E-state index in [0.717, 1.165) is 71.7 Å². The molecular weight excluding hydrogens is 724 g/mol. The van der Waals surface area contributed by atoms with Crippen molar-refractivity contribution in [3.05, 3.63) is 52.5 Å². The lowest BCUT2D eigenvalue weighted by Gasteiger charge is -2.00. The molecule has 0 bridgehead atoms. The van der Waals surface area contributed by atoms with Crippen LogP contribution < -0.4 is 20.1 Å². The standard InChI is InChI=1S/C14H15N3O2S2.C9H8N2OS2.C5H8ClNO.C4H8O.CH4/c1-19-11-6-2-9(3-7-11)13-16-14(21-17-13)20-8-12(18)15-10-4-5-10;1-12-7-4-2-6(3-5-7)8-10-9(13)14-11-8;6-3-5(8)7-4-1-2-4;1-2-4-5-3-1;/h2-3,6-7,10H,4-5,8H2,1H3,(H,15,18);2-5H,1H3,(H,10,11,13);4H,1-3H2,(H,7,8);1-4H2;1H4. The summed E-state index contributed by atoms with van der Waals surface area (Å²) in [5.74, 6) is 3.65. The van der Waals surface area contributed by atoms with Crippen LogP contribution in [0, 0.1) is 3.95 Å². The van der Waals surface area contributed by atoms with Crippen molar-refractivity contribution in [3.63, 3.8) is 0 Å². The van der Waals surface area contributed by atoms with Crippen LogP contribution in [0.1, 0.15) is 46.0 Å². The van der Waals surface area contributed by atoms with Gasteiger partial charge in [-0.25, -0.2) is 9.97 Å². The molecule has 11 nitrogen and oxygen atoms in total. The third kappa shape index (κ3) is 15.6. The van der Waals surface area contributed by atoms with Crippen LogP contribution in [0.4, 0.5) is 0 Å². The van der Waals surface area contributed by atoms with Gasteiger partial charge in [-0.1, -0.05) is 19.2 Å². The van der Waals surface area contributed by atoms with Crippen molar-refractivity contribution < 1.29 is 23.8 Å². The van der Waals surface area contributed by atoms with E-state index in [0.29, 0.717) is 27.6 Å². The number of benzene rings is 2. The Kier molecular flexibility index (Phi) is 18.0. The molecule has 4 aromatic rings. The van der Waals surface area contributed by atoms with Crippen LogP contribution in [-0.4, -0.2) is 81.7 Å². The molecule has 1 saturated heterocycles. The number of carbonyl (C=O) groups is 2. The van der Waals surface area contributed by atoms with Crippen LogP contribution >= 0.6 is 58.6 Å². The molecule has 3 heterocycles. The number of nitrogens with zero attached hydrogens (tertiary/aromatic N) is 3. The second-order valence-corrected chi connectivity index (χ2v) is 14.4. The number of amides is 2. The van der Waals surface area contributed by atoms with Gasteiger partial charge in [0.1, 0.15) is 23.2 Å². The molecule has 2 saturated carbocycles. The number of methoxy groups -OCH3 is 2. The molecule has 1 aliphatic heterocycles. The zero-order chi connectivity index (χ0) is 34.1. The maximum absolute atomic E-state index is 11.6. The van der Waals surface area contributed by atoms with Gasteiger partial charge in [0.25, 0.3) is 0 Å². The van der Waals surface area contributed by atoms with E-state index in [2.05, 4.69) is 29.3 Å². The summed E-state index contributed by atoms with van der Waals surface area (Å²) >= 11 is 14.3. The molecule has 3 aliphatic rings. The highest BCUT2D eigenvalue weighted by Crippen LogP contribution is 2.27. The Morgan fingerprint density at radius 2 is 1.47 bits per heavy atom. The third-order valence-corrected chi connectivity index (χ3v) is 9.70. The Morgan fingerprint density at radius 3 is 1.92 bits per heavy atom. The van der Waals surface area contributed by atoms with E-state index >= 15 is 0 Å². The quantitative estimate of drug-likeness (QED) is 0.0850. The number of ether oxygens (including phenoxy) is 3. The number of H-pyrrole nitrogens is 1. The lowest BCUT2D eigenvalue weighted by molar-refractivity contribution is -0.119. The number of hydrogen-bond donors (Lipinski definition) is 3. The number of carbonyl (C=O) groups excluding carboxylic acids is 2. The molecule has 2 aromatic carbocycles. The summed E-state index contributed by atoms with van der Waals surface area (Å²) in [7, 11) is 3.28. The highest BCUT2D eigenvalue weighted by molar-refractivity contribution is 8.01. The van der Waals surface area contributed by atoms with Gasteiger partial charge < -0.3 is 24.8 Å². The Bertz CT molecular complexity index is 1600. The van der Waals surface area contributed by atoms with Crippen molar-refractivity contribution in [3.8, 4) is 34.3 Å². The molecule has 0 spiro atoms. The van der Waals surface area contributed by atoms with E-state index < -0.39 is 0 Å². The first-order chi connectivity index (χ1) is 23.4. The minimum absolute atomic E-state index is 0. The fourth-order valence-electron chi connectivity index (χ4n) is 3.86. The van der Waals surface area contributed by atoms with Crippen LogP contribution in [0.2, 0.25) is 0 Å². The van der Waals surface area contributed by atoms with E-state index in [1.165, 1.54) is 47.7 Å². The van der Waals surface area contributed by atoms with Crippen LogP contribution in [0.5, 0.6) is 11.5 Å². The Hall–Kier alpha value is -3.08. The molecule has 7 rings (SSSR count). The van der Waals surface area contributed by atoms with Gasteiger partial charge in [0.15, 0.2) is 14.1 Å². The second kappa shape index (κ2) is 21.9. The Morgan fingerprint density at radius 1 is 0.918 bits per heavy atom. The predicted molar refractivity (Wildman–Crippen MR) is 202 cm³/mol. The number of aromatic amines is 1. The number of halogens is 1. The van der Waals surface area contributed by atoms with Gasteiger partial charge in [-0.05, 0) is 122 Å². The monoisotopic (exact) mass is 766 g/mol. The molecule has 3 N–H and O–H groups in total. The van der Waals surface area contributed by atoms with Gasteiger partial charge in [0.2, 0.25) is 11.8 Å². The van der Waals surface area contributed by atoms with E-state index in [-0.39, 0.29) is 25.1 Å². The fourth-order valence-corrected chi connectivity index (χ4v) is 6.06. The average molecular weight is 767 g/mol. The summed E-state index contributed by atoms with van der Waals surface area (Å²) in [4.78, 5) is 30.7. The molecular formula is C33H43ClN6O5S4. The molecule has 2 amide bonds. The first kappa shape index (κ1) is 40.4. The maximum atomic E-state index is 11.6. The SMILES string of the molecule is C.C1CCOC1.COc1ccc(-c2nc(=S)s[nH]2)cc1.COc1ccc(-c2nsc(SCC(=O)NC3CC3)n2)cc1.O=C(CCl)NC1CC1. The summed E-state index contributed by atoms with van der Waals surface area (Å²) in [6.07, 6.45) is 7.03. The minimum atomic E-state index is -0.0471. The molecule has 3 fully saturated rings. The van der Waals surface area contributed by atoms with Crippen LogP contribution in [0.25, 0.3) is 22.8 Å². The highest BCUT2D eigenvalue weighted by atomic mass is 35.5. The molecule has 0 unspecified atom stereocenters. The zero-order valence-electron chi connectivity index (χ0n) is 26.7. The van der Waals surface area contributed by atoms with Crippen molar-refractivity contribution in [2.45, 2.75) is 62.4 Å². The van der Waals surface area contributed by atoms with Gasteiger partial charge in [0, 0.05) is 36.4 Å². The molecule has 266 valence electrons. The second-order valence-electron chi connectivity index (χ2n) is 10.7. The summed E-state index contributed by atoms with van der Waals surface area (Å²) < 4.78 is 23.9. The van der Waals surface area contributed by atoms with Crippen LogP contribution in [0.15, 0.2) is 52.9 Å². The summed E-state index contributed by atoms with van der Waals surface area (Å²) in [6, 6.07) is 16.1. The number of alkyl halides is 1. The van der Waals surface area contributed by atoms with Gasteiger partial charge in [-0.15, -0.1) is 11.6 Å². The largest absolute Gasteiger partial charge is 0.497 e. The number of nitrogens with one attached hydrogen (secondary N) is 3. The van der Waals surface area contributed by atoms with Crippen molar-refractivity contribution in [1.29, 1.82) is 0 Å². The summed E-state index contributed by atoms with van der Waals surface area (Å²) in [5.41, 5.74) is 1.96. The first-order valence-corrected chi connectivity index (χ1v) is 18.9. The minimum Gasteiger partial charge on any atom is -0.497 e. The van der Waals surface area contributed by atoms with Gasteiger partial charge >= 0.3 is 0 Å². The lowest BCUT2D eigenvalue weighted by atomic mass is 10.2. The van der Waals surface area contributed by atoms with E-state index in [9.17, 15) is 9.59 Å². The normalized spacial score (nSPS) is 14.3. The number of hydrogen-bond acceptors (Lipinski definition) is 12. The molecule has 0 atom stereocenters. The molecule has 0 radical (unpaired) electrons. The van der Waals surface area contributed by atoms with Gasteiger partial charge in [-0.2, -0.15) is 4.37 Å². The molecule has 2 aliphatic carbocycles. The lowest BCUT2D eigenvalue weighted by Crippen LogP contribution is -2.26. The predicted octanol–water partition coefficient (Wildman–Crippen LogP) is 7.40. The molecule has 16 heteroatoms. The van der Waals surface area contributed by atoms with E-state index in [1.807, 2.05) is 48.5 Å². The number of rotatable bonds is 10. The summed E-state index contributed by atoms with van der Waals surface area (Å²) in [6.45, 7) is 2.00. The zero-order valence-corrected chi connectivity index (χ0v) is 30.8. The van der Waals surface area contributed by atoms with Gasteiger partial charge in [0.05, 0.1) is 20.0 Å². The van der Waals surface area contributed by atoms with Crippen LogP contribution in [-0.2, 0) is 14.3 Å². The van der Waals surface area contributed by atoms with Crippen LogP contribution in [0.3, 0.4) is 0 Å². The van der Waals surface area contributed by atoms with Gasteiger partial charge in [-0.3, -0.25) is 14.0 Å². The maximum Gasteiger partial charge on any atom is 0.235 e. The van der Waals surface area contributed by atoms with Crippen molar-refractivity contribution in [1.82, 2.24) is 29.3 Å². The Labute approximate surface area is 310 Å². The Balaban J connectivity index is 0.000000199. The third-order valence-electron chi connectivity index (χ3n) is 6.72. The van der Waals surface area contributed by atoms with Crippen molar-refractivity contribution in [2.75, 3.05) is 39.1 Å². The van der Waals surface area contributed by atoms with E-state index in [4.69, 9.17) is 38.0 Å². The molecule has 2 aromatic heterocycles. The first-order valence-electron chi connectivity index (χ1n) is 15.4. The fraction of sp³-hybridized carbons (Fsp3) is 0.455. The summed E-state index contributed by atoms with van der Waals surface area (Å²) in [5, 5.41) is 5.69. The van der Waals surface area contributed by atoms with Crippen molar-refractivity contribution in [2.24, 2.45) is 0 Å². The van der Waals surface area contributed by atoms with Crippen molar-refractivity contribution >= 4 is 70.5 Å². The number of thioether (sulfide) groups is 1. The van der Waals surface area contributed by atoms with E-state index in [1.54, 1.807) is 14.2 Å². The number of aromatic nitrogens is 4. The smallest absolute Gasteiger partial charge is 0.235 e. The molecule has 49 heavy (non-hydrogen) atoms.